The molecule has 0 aromatic rings. The van der Waals surface area contributed by atoms with Crippen molar-refractivity contribution in [1.29, 1.82) is 0 Å². The largest absolute Gasteiger partial charge is 0.364 e. The van der Waals surface area contributed by atoms with Crippen LogP contribution in [0.25, 0.3) is 0 Å². The summed E-state index contributed by atoms with van der Waals surface area (Å²) in [5.41, 5.74) is 4.72. The molecule has 1 rings (SSSR count). The average Bonchev–Trinajstić information content (AvgIpc) is 2.12. The summed E-state index contributed by atoms with van der Waals surface area (Å²) in [5, 5.41) is 9.47. The summed E-state index contributed by atoms with van der Waals surface area (Å²) in [6, 6.07) is 0. The van der Waals surface area contributed by atoms with Crippen LogP contribution in [0.1, 0.15) is 0 Å². The molecule has 0 radical (unpaired) electrons. The van der Waals surface area contributed by atoms with Crippen molar-refractivity contribution in [2.45, 2.75) is 0 Å². The summed E-state index contributed by atoms with van der Waals surface area (Å²) in [4.78, 5) is 10.1. The summed E-state index contributed by atoms with van der Waals surface area (Å²) < 4.78 is 0. The molecule has 1 aliphatic heterocycles. The molecule has 0 aliphatic carbocycles. The van der Waals surface area contributed by atoms with Crippen molar-refractivity contribution in [2.75, 3.05) is 0 Å². The quantitative estimate of drug-likeness (QED) is 0.480. The molecule has 0 fully saturated rings. The van der Waals surface area contributed by atoms with Crippen LogP contribution in [0, 0.1) is 0 Å². The van der Waals surface area contributed by atoms with E-state index >= 15 is 0 Å². The maximum atomic E-state index is 10.1. The number of carbonyl (C=O) groups excluding carboxylic acids is 1. The van der Waals surface area contributed by atoms with E-state index < -0.39 is 5.91 Å². The van der Waals surface area contributed by atoms with Gasteiger partial charge < -0.3 is 5.73 Å². The maximum absolute atomic E-state index is 10.1. The highest BCUT2D eigenvalue weighted by atomic mass is 16.1. The number of hydrogen-bond donors (Lipinski definition) is 1. The Balaban J connectivity index is 2.90. The molecule has 2 N–H and O–H groups in total. The Hall–Kier alpha value is -1.48. The summed E-state index contributed by atoms with van der Waals surface area (Å²) in [6.07, 6.45) is 0. The topological polar surface area (TPSA) is 80.2 Å². The van der Waals surface area contributed by atoms with Crippen molar-refractivity contribution in [3.63, 3.8) is 0 Å². The zero-order valence-corrected chi connectivity index (χ0v) is 3.83. The molecule has 0 aromatic heterocycles. The van der Waals surface area contributed by atoms with E-state index in [0.29, 0.717) is 0 Å². The number of primary amides is 1. The van der Waals surface area contributed by atoms with Gasteiger partial charge in [-0.15, -0.1) is 5.11 Å². The molecule has 1 aliphatic rings. The minimum atomic E-state index is -0.657. The molecule has 0 bridgehead atoms. The van der Waals surface area contributed by atoms with Gasteiger partial charge in [0.1, 0.15) is 0 Å². The predicted molar refractivity (Wildman–Crippen MR) is 25.0 cm³/mol. The summed E-state index contributed by atoms with van der Waals surface area (Å²) in [7, 11) is 0. The summed E-state index contributed by atoms with van der Waals surface area (Å²) in [6.45, 7) is 0. The molecule has 0 saturated carbocycles. The fraction of sp³-hybridized carbons (Fsp3) is 0. The average molecular weight is 110 g/mol. The number of rotatable bonds is 1. The van der Waals surface area contributed by atoms with Crippen LogP contribution in [0.2, 0.25) is 0 Å². The fourth-order valence-corrected chi connectivity index (χ4v) is 0.264. The van der Waals surface area contributed by atoms with Crippen LogP contribution in [0.4, 0.5) is 0 Å². The predicted octanol–water partition coefficient (Wildman–Crippen LogP) is -0.594. The summed E-state index contributed by atoms with van der Waals surface area (Å²) in [5.74, 6) is 1.53. The molecule has 1 heterocycles. The molecule has 0 unspecified atom stereocenters. The molecule has 0 aromatic carbocycles. The van der Waals surface area contributed by atoms with Crippen LogP contribution in [0.5, 0.6) is 0 Å². The Morgan fingerprint density at radius 1 is 1.75 bits per heavy atom. The highest BCUT2D eigenvalue weighted by Crippen LogP contribution is 1.95. The van der Waals surface area contributed by atoms with Gasteiger partial charge in [0.15, 0.2) is 0 Å². The molecular weight excluding hydrogens is 108 g/mol. The third kappa shape index (κ3) is 0.618. The van der Waals surface area contributed by atoms with Crippen LogP contribution in [-0.2, 0) is 4.79 Å². The second-order valence-electron chi connectivity index (χ2n) is 1.11. The molecule has 40 valence electrons. The molecule has 0 spiro atoms. The van der Waals surface area contributed by atoms with Crippen LogP contribution in [0.3, 0.4) is 0 Å². The summed E-state index contributed by atoms with van der Waals surface area (Å²) >= 11 is 0. The van der Waals surface area contributed by atoms with Crippen LogP contribution in [0.15, 0.2) is 21.1 Å². The van der Waals surface area contributed by atoms with Crippen LogP contribution in [-0.4, -0.2) is 11.8 Å². The lowest BCUT2D eigenvalue weighted by Crippen LogP contribution is -2.11. The van der Waals surface area contributed by atoms with E-state index in [9.17, 15) is 4.79 Å². The second-order valence-corrected chi connectivity index (χ2v) is 1.11. The SMILES string of the molecule is NC(=O)C1=C=NN=N1. The van der Waals surface area contributed by atoms with Gasteiger partial charge >= 0.3 is 0 Å². The Kier molecular flexibility index (Phi) is 0.908. The van der Waals surface area contributed by atoms with Crippen molar-refractivity contribution in [2.24, 2.45) is 21.2 Å². The normalized spacial score (nSPS) is 14.2. The van der Waals surface area contributed by atoms with Crippen molar-refractivity contribution in [1.82, 2.24) is 0 Å². The van der Waals surface area contributed by atoms with Crippen molar-refractivity contribution in [3.8, 4) is 0 Å². The van der Waals surface area contributed by atoms with Crippen molar-refractivity contribution >= 4 is 11.8 Å². The third-order valence-electron chi connectivity index (χ3n) is 0.579. The van der Waals surface area contributed by atoms with E-state index in [-0.39, 0.29) is 5.70 Å². The van der Waals surface area contributed by atoms with Crippen LogP contribution >= 0.6 is 0 Å². The Morgan fingerprint density at radius 2 is 2.50 bits per heavy atom. The first-order valence-corrected chi connectivity index (χ1v) is 1.84. The Bertz CT molecular complexity index is 209. The van der Waals surface area contributed by atoms with E-state index in [4.69, 9.17) is 5.73 Å². The van der Waals surface area contributed by atoms with Crippen molar-refractivity contribution < 1.29 is 4.79 Å². The monoisotopic (exact) mass is 110 g/mol. The number of nitrogens with two attached hydrogens (primary N) is 1. The highest BCUT2D eigenvalue weighted by molar-refractivity contribution is 6.00. The lowest BCUT2D eigenvalue weighted by Gasteiger charge is -1.77. The highest BCUT2D eigenvalue weighted by Gasteiger charge is 2.03. The van der Waals surface area contributed by atoms with Gasteiger partial charge in [-0.05, 0) is 5.22 Å². The third-order valence-corrected chi connectivity index (χ3v) is 0.579. The molecule has 1 amide bonds. The molecule has 5 heteroatoms. The van der Waals surface area contributed by atoms with E-state index in [1.54, 1.807) is 0 Å². The lowest BCUT2D eigenvalue weighted by molar-refractivity contribution is -0.114. The van der Waals surface area contributed by atoms with E-state index in [0.717, 1.165) is 0 Å². The molecular formula is C3H2N4O. The van der Waals surface area contributed by atoms with Crippen LogP contribution < -0.4 is 5.73 Å². The minimum absolute atomic E-state index is 0.0231. The zero-order valence-electron chi connectivity index (χ0n) is 3.83. The molecule has 8 heavy (non-hydrogen) atoms. The zero-order chi connectivity index (χ0) is 5.98. The van der Waals surface area contributed by atoms with E-state index in [1.807, 2.05) is 0 Å². The van der Waals surface area contributed by atoms with Gasteiger partial charge in [-0.2, -0.15) is 0 Å². The van der Waals surface area contributed by atoms with Gasteiger partial charge in [0.2, 0.25) is 5.70 Å². The number of carbonyl (C=O) groups is 1. The minimum Gasteiger partial charge on any atom is -0.364 e. The first-order chi connectivity index (χ1) is 3.80. The van der Waals surface area contributed by atoms with Gasteiger partial charge in [-0.3, -0.25) is 4.79 Å². The number of nitrogens with zero attached hydrogens (tertiary/aromatic N) is 3. The van der Waals surface area contributed by atoms with Gasteiger partial charge in [0, 0.05) is 5.87 Å². The van der Waals surface area contributed by atoms with Gasteiger partial charge in [-0.25, -0.2) is 0 Å². The van der Waals surface area contributed by atoms with Gasteiger partial charge in [0.25, 0.3) is 5.91 Å². The van der Waals surface area contributed by atoms with Crippen molar-refractivity contribution in [3.05, 3.63) is 5.70 Å². The Labute approximate surface area is 44.6 Å². The van der Waals surface area contributed by atoms with Gasteiger partial charge in [-0.1, -0.05) is 5.10 Å². The lowest BCUT2D eigenvalue weighted by atomic mass is 10.5. The standard InChI is InChI=1S/C3H2N4O/c4-3(8)2-1-5-7-6-2/h(H2,4,8). The number of amides is 1. The fourth-order valence-electron chi connectivity index (χ4n) is 0.264. The Morgan fingerprint density at radius 3 is 2.75 bits per heavy atom. The molecule has 5 nitrogen and oxygen atoms in total. The smallest absolute Gasteiger partial charge is 0.279 e. The van der Waals surface area contributed by atoms with Gasteiger partial charge in [0.05, 0.1) is 0 Å². The van der Waals surface area contributed by atoms with E-state index in [2.05, 4.69) is 21.3 Å². The second kappa shape index (κ2) is 1.55. The first kappa shape index (κ1) is 4.67. The number of hydrogen-bond acceptors (Lipinski definition) is 4. The first-order valence-electron chi connectivity index (χ1n) is 1.84. The maximum Gasteiger partial charge on any atom is 0.279 e. The molecule has 0 atom stereocenters. The van der Waals surface area contributed by atoms with E-state index in [1.165, 1.54) is 0 Å². The molecule has 0 saturated heterocycles.